The molecule has 0 saturated heterocycles. The van der Waals surface area contributed by atoms with E-state index in [9.17, 15) is 0 Å². The Bertz CT molecular complexity index is 339. The van der Waals surface area contributed by atoms with Crippen molar-refractivity contribution < 1.29 is 0 Å². The molecule has 0 unspecified atom stereocenters. The Hall–Kier alpha value is -0.480. The lowest BCUT2D eigenvalue weighted by atomic mass is 10.4. The first kappa shape index (κ1) is 11.0. The minimum absolute atomic E-state index is 0.639. The first-order valence-corrected chi connectivity index (χ1v) is 6.42. The molecule has 0 atom stereocenters. The van der Waals surface area contributed by atoms with Crippen LogP contribution in [-0.4, -0.2) is 22.3 Å². The fourth-order valence-electron chi connectivity index (χ4n) is 1.72. The van der Waals surface area contributed by atoms with Crippen molar-refractivity contribution in [2.75, 3.05) is 12.4 Å². The van der Waals surface area contributed by atoms with Crippen LogP contribution < -0.4 is 5.32 Å². The van der Waals surface area contributed by atoms with E-state index in [2.05, 4.69) is 15.3 Å². The van der Waals surface area contributed by atoms with Gasteiger partial charge in [-0.15, -0.1) is 11.8 Å². The summed E-state index contributed by atoms with van der Waals surface area (Å²) in [5, 5.41) is 5.17. The maximum absolute atomic E-state index is 6.06. The van der Waals surface area contributed by atoms with Gasteiger partial charge in [0.05, 0.1) is 11.2 Å². The van der Waals surface area contributed by atoms with Gasteiger partial charge < -0.3 is 5.32 Å². The van der Waals surface area contributed by atoms with Gasteiger partial charge in [-0.25, -0.2) is 9.97 Å². The first-order chi connectivity index (χ1) is 7.29. The van der Waals surface area contributed by atoms with Crippen molar-refractivity contribution in [1.29, 1.82) is 0 Å². The molecule has 1 aliphatic rings. The Labute approximate surface area is 99.0 Å². The molecule has 1 aliphatic carbocycles. The predicted octanol–water partition coefficient (Wildman–Crippen LogP) is 3.21. The molecular weight excluding hydrogens is 230 g/mol. The van der Waals surface area contributed by atoms with E-state index in [0.29, 0.717) is 16.2 Å². The summed E-state index contributed by atoms with van der Waals surface area (Å²) in [6.07, 6.45) is 6.88. The summed E-state index contributed by atoms with van der Waals surface area (Å²) in [4.78, 5) is 8.43. The zero-order valence-electron chi connectivity index (χ0n) is 8.66. The summed E-state index contributed by atoms with van der Waals surface area (Å²) in [6, 6.07) is 0. The van der Waals surface area contributed by atoms with Gasteiger partial charge in [0.15, 0.2) is 0 Å². The van der Waals surface area contributed by atoms with E-state index in [-0.39, 0.29) is 0 Å². The summed E-state index contributed by atoms with van der Waals surface area (Å²) < 4.78 is 0. The van der Waals surface area contributed by atoms with Gasteiger partial charge in [-0.2, -0.15) is 0 Å². The van der Waals surface area contributed by atoms with Crippen molar-refractivity contribution in [2.24, 2.45) is 0 Å². The third-order valence-corrected chi connectivity index (χ3v) is 4.24. The molecule has 5 heteroatoms. The molecule has 0 bridgehead atoms. The highest BCUT2D eigenvalue weighted by Crippen LogP contribution is 2.36. The van der Waals surface area contributed by atoms with Crippen LogP contribution in [0.15, 0.2) is 11.2 Å². The molecule has 82 valence electrons. The van der Waals surface area contributed by atoms with Crippen LogP contribution in [0.3, 0.4) is 0 Å². The molecule has 15 heavy (non-hydrogen) atoms. The van der Waals surface area contributed by atoms with Crippen LogP contribution in [0.2, 0.25) is 5.02 Å². The molecule has 2 rings (SSSR count). The zero-order valence-corrected chi connectivity index (χ0v) is 10.2. The third-order valence-electron chi connectivity index (χ3n) is 2.52. The monoisotopic (exact) mass is 243 g/mol. The van der Waals surface area contributed by atoms with Gasteiger partial charge in [0.25, 0.3) is 0 Å². The average molecular weight is 244 g/mol. The van der Waals surface area contributed by atoms with Gasteiger partial charge in [0.1, 0.15) is 5.03 Å². The van der Waals surface area contributed by atoms with E-state index >= 15 is 0 Å². The van der Waals surface area contributed by atoms with Gasteiger partial charge in [-0.1, -0.05) is 24.4 Å². The molecule has 0 aromatic carbocycles. The van der Waals surface area contributed by atoms with Crippen LogP contribution in [0.1, 0.15) is 25.7 Å². The van der Waals surface area contributed by atoms with Gasteiger partial charge in [0, 0.05) is 12.3 Å². The summed E-state index contributed by atoms with van der Waals surface area (Å²) in [5.74, 6) is 0.639. The minimum Gasteiger partial charge on any atom is -0.357 e. The highest BCUT2D eigenvalue weighted by atomic mass is 35.5. The number of nitrogens with zero attached hydrogens (tertiary/aromatic N) is 2. The fraction of sp³-hybridized carbons (Fsp3) is 0.600. The van der Waals surface area contributed by atoms with Crippen molar-refractivity contribution in [3.63, 3.8) is 0 Å². The molecule has 0 radical (unpaired) electrons. The maximum Gasteiger partial charge on any atom is 0.223 e. The molecule has 1 heterocycles. The topological polar surface area (TPSA) is 37.8 Å². The number of hydrogen-bond acceptors (Lipinski definition) is 4. The number of hydrogen-bond donors (Lipinski definition) is 1. The van der Waals surface area contributed by atoms with Crippen LogP contribution in [0, 0.1) is 0 Å². The molecule has 0 aliphatic heterocycles. The molecular formula is C10H14ClN3S. The maximum atomic E-state index is 6.06. The van der Waals surface area contributed by atoms with E-state index in [1.54, 1.807) is 18.0 Å². The second kappa shape index (κ2) is 5.03. The summed E-state index contributed by atoms with van der Waals surface area (Å²) in [7, 11) is 1.81. The number of aromatic nitrogens is 2. The molecule has 0 spiro atoms. The quantitative estimate of drug-likeness (QED) is 0.828. The van der Waals surface area contributed by atoms with Gasteiger partial charge >= 0.3 is 0 Å². The van der Waals surface area contributed by atoms with Crippen molar-refractivity contribution in [2.45, 2.75) is 36.0 Å². The van der Waals surface area contributed by atoms with Crippen LogP contribution in [0.25, 0.3) is 0 Å². The second-order valence-electron chi connectivity index (χ2n) is 3.62. The first-order valence-electron chi connectivity index (χ1n) is 5.16. The van der Waals surface area contributed by atoms with Gasteiger partial charge in [0.2, 0.25) is 5.95 Å². The molecule has 1 saturated carbocycles. The van der Waals surface area contributed by atoms with Crippen LogP contribution in [0.4, 0.5) is 5.95 Å². The Balaban J connectivity index is 2.11. The number of anilines is 1. The number of nitrogens with one attached hydrogen (secondary N) is 1. The number of rotatable bonds is 3. The molecule has 1 aromatic heterocycles. The minimum atomic E-state index is 0.639. The Morgan fingerprint density at radius 1 is 1.47 bits per heavy atom. The zero-order chi connectivity index (χ0) is 10.7. The van der Waals surface area contributed by atoms with Crippen LogP contribution >= 0.6 is 23.4 Å². The lowest BCUT2D eigenvalue weighted by Crippen LogP contribution is -2.00. The van der Waals surface area contributed by atoms with E-state index in [0.717, 1.165) is 5.03 Å². The highest BCUT2D eigenvalue weighted by molar-refractivity contribution is 8.00. The van der Waals surface area contributed by atoms with Gasteiger partial charge in [-0.3, -0.25) is 0 Å². The molecule has 3 nitrogen and oxygen atoms in total. The van der Waals surface area contributed by atoms with E-state index in [1.807, 2.05) is 7.05 Å². The molecule has 1 fully saturated rings. The van der Waals surface area contributed by atoms with Crippen molar-refractivity contribution in [3.8, 4) is 0 Å². The standard InChI is InChI=1S/C10H14ClN3S/c1-12-10-13-6-8(11)9(14-10)15-7-4-2-3-5-7/h6-7H,2-5H2,1H3,(H,12,13,14). The number of halogens is 1. The lowest BCUT2D eigenvalue weighted by Gasteiger charge is -2.09. The van der Waals surface area contributed by atoms with E-state index in [1.165, 1.54) is 25.7 Å². The third kappa shape index (κ3) is 2.75. The van der Waals surface area contributed by atoms with Crippen molar-refractivity contribution in [3.05, 3.63) is 11.2 Å². The number of thioether (sulfide) groups is 1. The van der Waals surface area contributed by atoms with Crippen molar-refractivity contribution in [1.82, 2.24) is 9.97 Å². The largest absolute Gasteiger partial charge is 0.357 e. The summed E-state index contributed by atoms with van der Waals surface area (Å²) >= 11 is 7.84. The van der Waals surface area contributed by atoms with Gasteiger partial charge in [-0.05, 0) is 12.8 Å². The lowest BCUT2D eigenvalue weighted by molar-refractivity contribution is 0.886. The summed E-state index contributed by atoms with van der Waals surface area (Å²) in [6.45, 7) is 0. The second-order valence-corrected chi connectivity index (χ2v) is 5.32. The summed E-state index contributed by atoms with van der Waals surface area (Å²) in [5.41, 5.74) is 0. The fourth-order valence-corrected chi connectivity index (χ4v) is 3.13. The average Bonchev–Trinajstić information content (AvgIpc) is 2.74. The van der Waals surface area contributed by atoms with E-state index < -0.39 is 0 Å². The smallest absolute Gasteiger partial charge is 0.223 e. The molecule has 0 amide bonds. The molecule has 1 N–H and O–H groups in total. The Morgan fingerprint density at radius 2 is 2.20 bits per heavy atom. The normalized spacial score (nSPS) is 16.9. The molecule has 1 aromatic rings. The SMILES string of the molecule is CNc1ncc(Cl)c(SC2CCCC2)n1. The Kier molecular flexibility index (Phi) is 3.70. The predicted molar refractivity (Wildman–Crippen MR) is 64.7 cm³/mol. The van der Waals surface area contributed by atoms with Crippen molar-refractivity contribution >= 4 is 29.3 Å². The van der Waals surface area contributed by atoms with Crippen LogP contribution in [-0.2, 0) is 0 Å². The Morgan fingerprint density at radius 3 is 2.87 bits per heavy atom. The van der Waals surface area contributed by atoms with E-state index in [4.69, 9.17) is 11.6 Å². The van der Waals surface area contributed by atoms with Crippen LogP contribution in [0.5, 0.6) is 0 Å². The highest BCUT2D eigenvalue weighted by Gasteiger charge is 2.18.